The molecule has 0 aliphatic rings. The molecule has 0 nitrogen and oxygen atoms in total. The first kappa shape index (κ1) is 23.5. The second-order valence-corrected chi connectivity index (χ2v) is 14.8. The van der Waals surface area contributed by atoms with Gasteiger partial charge in [-0.15, -0.1) is 68.0 Å². The first-order chi connectivity index (χ1) is 18.3. The molecule has 0 aliphatic carbocycles. The van der Waals surface area contributed by atoms with Gasteiger partial charge in [-0.05, 0) is 77.0 Å². The average Bonchev–Trinajstić information content (AvgIpc) is 3.78. The molecule has 180 valence electrons. The second kappa shape index (κ2) is 10.3. The van der Waals surface area contributed by atoms with Crippen molar-refractivity contribution < 1.29 is 0 Å². The normalized spacial score (nSPS) is 11.5. The van der Waals surface area contributed by atoms with E-state index in [9.17, 15) is 0 Å². The predicted molar refractivity (Wildman–Crippen MR) is 169 cm³/mol. The predicted octanol–water partition coefficient (Wildman–Crippen LogP) is 11.9. The zero-order chi connectivity index (χ0) is 24.6. The smallest absolute Gasteiger partial charge is 0.0622 e. The lowest BCUT2D eigenvalue weighted by Crippen LogP contribution is -1.95. The third-order valence-corrected chi connectivity index (χ3v) is 13.1. The van der Waals surface area contributed by atoms with Gasteiger partial charge >= 0.3 is 0 Å². The molecular formula is C31H20S6. The van der Waals surface area contributed by atoms with Crippen LogP contribution in [0.15, 0.2) is 114 Å². The maximum absolute atomic E-state index is 2.35. The van der Waals surface area contributed by atoms with Crippen LogP contribution in [-0.2, 0) is 0 Å². The maximum atomic E-state index is 2.35. The monoisotopic (exact) mass is 584 g/mol. The second-order valence-electron chi connectivity index (χ2n) is 8.52. The van der Waals surface area contributed by atoms with Crippen LogP contribution in [0.4, 0.5) is 0 Å². The largest absolute Gasteiger partial charge is 0.143 e. The Morgan fingerprint density at radius 2 is 0.811 bits per heavy atom. The van der Waals surface area contributed by atoms with E-state index in [-0.39, 0.29) is 5.92 Å². The average molecular weight is 585 g/mol. The van der Waals surface area contributed by atoms with E-state index >= 15 is 0 Å². The Hall–Kier alpha value is -2.58. The summed E-state index contributed by atoms with van der Waals surface area (Å²) in [6.07, 6.45) is 0. The standard InChI is InChI=1S/C31H20S6/c1-2-6-20(7-3-1)21-10-11-26(34-21)27-14-17-30(37-27)31(28-15-12-24(35-28)22-8-4-18-32-22)29-16-13-25(36-29)23-9-5-19-33-23/h1-19,31H. The van der Waals surface area contributed by atoms with Crippen molar-refractivity contribution in [3.63, 3.8) is 0 Å². The molecule has 6 aromatic heterocycles. The number of hydrogen-bond donors (Lipinski definition) is 0. The van der Waals surface area contributed by atoms with E-state index in [1.165, 1.54) is 54.3 Å². The Balaban J connectivity index is 1.27. The molecule has 0 saturated carbocycles. The van der Waals surface area contributed by atoms with Gasteiger partial charge in [-0.25, -0.2) is 0 Å². The Morgan fingerprint density at radius 3 is 1.32 bits per heavy atom. The van der Waals surface area contributed by atoms with Crippen LogP contribution < -0.4 is 0 Å². The van der Waals surface area contributed by atoms with Crippen LogP contribution in [0.25, 0.3) is 39.7 Å². The van der Waals surface area contributed by atoms with Crippen LogP contribution in [-0.4, -0.2) is 0 Å². The Morgan fingerprint density at radius 1 is 0.351 bits per heavy atom. The van der Waals surface area contributed by atoms with Crippen molar-refractivity contribution >= 4 is 68.0 Å². The van der Waals surface area contributed by atoms with Gasteiger partial charge in [0, 0.05) is 48.8 Å². The summed E-state index contributed by atoms with van der Waals surface area (Å²) in [5.74, 6) is 0.254. The lowest BCUT2D eigenvalue weighted by Gasteiger charge is -2.12. The summed E-state index contributed by atoms with van der Waals surface area (Å²) in [5.41, 5.74) is 1.28. The third-order valence-electron chi connectivity index (χ3n) is 6.17. The van der Waals surface area contributed by atoms with Crippen molar-refractivity contribution in [1.82, 2.24) is 0 Å². The zero-order valence-corrected chi connectivity index (χ0v) is 24.4. The van der Waals surface area contributed by atoms with E-state index in [4.69, 9.17) is 0 Å². The molecule has 0 radical (unpaired) electrons. The molecular weight excluding hydrogens is 565 g/mol. The fourth-order valence-electron chi connectivity index (χ4n) is 4.41. The van der Waals surface area contributed by atoms with Crippen molar-refractivity contribution in [3.8, 4) is 39.7 Å². The highest BCUT2D eigenvalue weighted by Crippen LogP contribution is 2.47. The lowest BCUT2D eigenvalue weighted by atomic mass is 10.0. The molecule has 0 saturated heterocycles. The summed E-state index contributed by atoms with van der Waals surface area (Å²) in [6.45, 7) is 0. The zero-order valence-electron chi connectivity index (χ0n) is 19.5. The number of benzene rings is 1. The highest BCUT2D eigenvalue weighted by atomic mass is 32.1. The summed E-state index contributed by atoms with van der Waals surface area (Å²) >= 11 is 11.3. The van der Waals surface area contributed by atoms with Gasteiger partial charge in [0.05, 0.1) is 5.92 Å². The van der Waals surface area contributed by atoms with Gasteiger partial charge in [-0.2, -0.15) is 0 Å². The molecule has 0 fully saturated rings. The fourth-order valence-corrected chi connectivity index (χ4v) is 10.8. The summed E-state index contributed by atoms with van der Waals surface area (Å²) in [5, 5.41) is 4.32. The minimum Gasteiger partial charge on any atom is -0.143 e. The molecule has 0 amide bonds. The summed E-state index contributed by atoms with van der Waals surface area (Å²) < 4.78 is 0. The van der Waals surface area contributed by atoms with Gasteiger partial charge in [-0.3, -0.25) is 0 Å². The lowest BCUT2D eigenvalue weighted by molar-refractivity contribution is 1.07. The van der Waals surface area contributed by atoms with Gasteiger partial charge in [0.2, 0.25) is 0 Å². The number of hydrogen-bond acceptors (Lipinski definition) is 6. The molecule has 37 heavy (non-hydrogen) atoms. The van der Waals surface area contributed by atoms with Crippen LogP contribution in [0.5, 0.6) is 0 Å². The number of thiophene rings is 6. The van der Waals surface area contributed by atoms with E-state index in [0.717, 1.165) is 0 Å². The van der Waals surface area contributed by atoms with Crippen molar-refractivity contribution in [3.05, 3.63) is 129 Å². The summed E-state index contributed by atoms with van der Waals surface area (Å²) in [6, 6.07) is 37.9. The van der Waals surface area contributed by atoms with Crippen LogP contribution >= 0.6 is 68.0 Å². The maximum Gasteiger partial charge on any atom is 0.0622 e. The van der Waals surface area contributed by atoms with Crippen LogP contribution in [0.2, 0.25) is 0 Å². The van der Waals surface area contributed by atoms with Gasteiger partial charge in [0.15, 0.2) is 0 Å². The molecule has 0 bridgehead atoms. The molecule has 7 aromatic rings. The molecule has 6 heterocycles. The molecule has 0 aliphatic heterocycles. The van der Waals surface area contributed by atoms with Crippen molar-refractivity contribution in [2.45, 2.75) is 5.92 Å². The molecule has 0 spiro atoms. The molecule has 0 N–H and O–H groups in total. The fraction of sp³-hybridized carbons (Fsp3) is 0.0323. The molecule has 6 heteroatoms. The highest BCUT2D eigenvalue weighted by Gasteiger charge is 2.24. The molecule has 0 atom stereocenters. The molecule has 1 aromatic carbocycles. The first-order valence-electron chi connectivity index (χ1n) is 11.8. The van der Waals surface area contributed by atoms with Gasteiger partial charge in [0.25, 0.3) is 0 Å². The van der Waals surface area contributed by atoms with Crippen molar-refractivity contribution in [2.24, 2.45) is 0 Å². The number of rotatable bonds is 7. The molecule has 7 rings (SSSR count). The van der Waals surface area contributed by atoms with Gasteiger partial charge in [0.1, 0.15) is 0 Å². The van der Waals surface area contributed by atoms with E-state index in [0.29, 0.717) is 0 Å². The SMILES string of the molecule is c1ccc(-c2ccc(-c3ccc(C(c4ccc(-c5cccs5)s4)c4ccc(-c5cccs5)s4)s3)s2)cc1. The van der Waals surface area contributed by atoms with Crippen molar-refractivity contribution in [2.75, 3.05) is 0 Å². The van der Waals surface area contributed by atoms with Crippen LogP contribution in [0, 0.1) is 0 Å². The van der Waals surface area contributed by atoms with E-state index < -0.39 is 0 Å². The Kier molecular flexibility index (Phi) is 6.55. The first-order valence-corrected chi connectivity index (χ1v) is 16.9. The van der Waals surface area contributed by atoms with Crippen LogP contribution in [0.1, 0.15) is 20.5 Å². The molecule has 0 unspecified atom stereocenters. The van der Waals surface area contributed by atoms with E-state index in [1.807, 2.05) is 68.0 Å². The van der Waals surface area contributed by atoms with Crippen LogP contribution in [0.3, 0.4) is 0 Å². The Bertz CT molecular complexity index is 1650. The van der Waals surface area contributed by atoms with Gasteiger partial charge in [-0.1, -0.05) is 42.5 Å². The minimum atomic E-state index is 0.254. The third kappa shape index (κ3) is 4.74. The van der Waals surface area contributed by atoms with Crippen molar-refractivity contribution in [1.29, 1.82) is 0 Å². The topological polar surface area (TPSA) is 0 Å². The highest BCUT2D eigenvalue weighted by molar-refractivity contribution is 7.25. The van der Waals surface area contributed by atoms with E-state index in [2.05, 4.69) is 114 Å². The summed E-state index contributed by atoms with van der Waals surface area (Å²) in [7, 11) is 0. The van der Waals surface area contributed by atoms with Gasteiger partial charge < -0.3 is 0 Å². The van der Waals surface area contributed by atoms with E-state index in [1.54, 1.807) is 0 Å². The minimum absolute atomic E-state index is 0.254. The Labute approximate surface area is 240 Å². The quantitative estimate of drug-likeness (QED) is 0.175. The summed E-state index contributed by atoms with van der Waals surface area (Å²) in [4.78, 5) is 13.6.